The summed E-state index contributed by atoms with van der Waals surface area (Å²) in [7, 11) is 0. The molecule has 1 heterocycles. The van der Waals surface area contributed by atoms with Gasteiger partial charge < -0.3 is 15.3 Å². The van der Waals surface area contributed by atoms with E-state index in [1.807, 2.05) is 0 Å². The van der Waals surface area contributed by atoms with Crippen LogP contribution in [0.4, 0.5) is 14.5 Å². The Morgan fingerprint density at radius 2 is 2.00 bits per heavy atom. The fourth-order valence-electron chi connectivity index (χ4n) is 2.60. The first kappa shape index (κ1) is 17.8. The summed E-state index contributed by atoms with van der Waals surface area (Å²) >= 11 is 0. The van der Waals surface area contributed by atoms with Gasteiger partial charge in [0.25, 0.3) is 0 Å². The summed E-state index contributed by atoms with van der Waals surface area (Å²) < 4.78 is 26.8. The third-order valence-electron chi connectivity index (χ3n) is 3.93. The second kappa shape index (κ2) is 6.94. The summed E-state index contributed by atoms with van der Waals surface area (Å²) in [5, 5.41) is 11.5. The summed E-state index contributed by atoms with van der Waals surface area (Å²) in [6, 6.07) is 1.76. The van der Waals surface area contributed by atoms with Crippen LogP contribution in [0.1, 0.15) is 20.3 Å². The van der Waals surface area contributed by atoms with Crippen LogP contribution < -0.4 is 10.2 Å². The van der Waals surface area contributed by atoms with Gasteiger partial charge in [-0.3, -0.25) is 9.59 Å². The summed E-state index contributed by atoms with van der Waals surface area (Å²) in [5.41, 5.74) is -0.102. The highest BCUT2D eigenvalue weighted by Gasteiger charge is 2.37. The van der Waals surface area contributed by atoms with Crippen molar-refractivity contribution in [2.45, 2.75) is 26.3 Å². The fraction of sp³-hybridized carbons (Fsp3) is 0.438. The number of halogens is 2. The number of hydrogen-bond acceptors (Lipinski definition) is 3. The topological polar surface area (TPSA) is 86.7 Å². The number of benzene rings is 1. The molecule has 24 heavy (non-hydrogen) atoms. The van der Waals surface area contributed by atoms with Crippen LogP contribution in [0.15, 0.2) is 18.2 Å². The van der Waals surface area contributed by atoms with Gasteiger partial charge in [-0.15, -0.1) is 0 Å². The molecule has 2 amide bonds. The number of carboxylic acids is 1. The molecule has 0 saturated carbocycles. The van der Waals surface area contributed by atoms with E-state index in [4.69, 9.17) is 5.11 Å². The zero-order chi connectivity index (χ0) is 18.0. The maximum absolute atomic E-state index is 13.8. The van der Waals surface area contributed by atoms with Crippen molar-refractivity contribution in [1.29, 1.82) is 0 Å². The van der Waals surface area contributed by atoms with Crippen LogP contribution in [-0.2, 0) is 14.4 Å². The molecule has 0 aliphatic carbocycles. The van der Waals surface area contributed by atoms with Crippen molar-refractivity contribution in [3.8, 4) is 0 Å². The third kappa shape index (κ3) is 3.69. The summed E-state index contributed by atoms with van der Waals surface area (Å²) in [4.78, 5) is 36.5. The SMILES string of the molecule is CC(C)C(NC(=O)C1CC(=O)N(c2ccc(F)cc2F)C1)C(=O)O. The van der Waals surface area contributed by atoms with Gasteiger partial charge in [0.15, 0.2) is 0 Å². The maximum atomic E-state index is 13.8. The van der Waals surface area contributed by atoms with Crippen molar-refractivity contribution in [1.82, 2.24) is 5.32 Å². The molecule has 2 rings (SSSR count). The van der Waals surface area contributed by atoms with Gasteiger partial charge in [-0.25, -0.2) is 13.6 Å². The van der Waals surface area contributed by atoms with Crippen LogP contribution >= 0.6 is 0 Å². The lowest BCUT2D eigenvalue weighted by atomic mass is 10.0. The molecule has 0 radical (unpaired) electrons. The van der Waals surface area contributed by atoms with E-state index in [1.165, 1.54) is 0 Å². The summed E-state index contributed by atoms with van der Waals surface area (Å²) in [6.45, 7) is 3.22. The summed E-state index contributed by atoms with van der Waals surface area (Å²) in [5.74, 6) is -4.99. The Morgan fingerprint density at radius 3 is 2.54 bits per heavy atom. The van der Waals surface area contributed by atoms with Crippen LogP contribution in [0.25, 0.3) is 0 Å². The first-order valence-electron chi connectivity index (χ1n) is 7.49. The monoisotopic (exact) mass is 340 g/mol. The number of nitrogens with zero attached hydrogens (tertiary/aromatic N) is 1. The number of carbonyl (C=O) groups excluding carboxylic acids is 2. The highest BCUT2D eigenvalue weighted by molar-refractivity contribution is 6.00. The van der Waals surface area contributed by atoms with Crippen molar-refractivity contribution in [2.24, 2.45) is 11.8 Å². The lowest BCUT2D eigenvalue weighted by Crippen LogP contribution is -2.47. The highest BCUT2D eigenvalue weighted by atomic mass is 19.1. The molecule has 1 aromatic rings. The number of carboxylic acid groups (broad SMARTS) is 1. The Balaban J connectivity index is 2.11. The van der Waals surface area contributed by atoms with E-state index in [2.05, 4.69) is 5.32 Å². The van der Waals surface area contributed by atoms with Crippen molar-refractivity contribution in [3.63, 3.8) is 0 Å². The quantitative estimate of drug-likeness (QED) is 0.851. The van der Waals surface area contributed by atoms with Crippen LogP contribution in [-0.4, -0.2) is 35.5 Å². The zero-order valence-corrected chi connectivity index (χ0v) is 13.3. The van der Waals surface area contributed by atoms with Crippen LogP contribution in [0, 0.1) is 23.5 Å². The number of hydrogen-bond donors (Lipinski definition) is 2. The number of rotatable bonds is 5. The number of aliphatic carboxylic acids is 1. The van der Waals surface area contributed by atoms with Crippen molar-refractivity contribution >= 4 is 23.5 Å². The third-order valence-corrected chi connectivity index (χ3v) is 3.93. The molecule has 0 aromatic heterocycles. The Kier molecular flexibility index (Phi) is 5.16. The zero-order valence-electron chi connectivity index (χ0n) is 13.3. The molecular formula is C16H18F2N2O4. The van der Waals surface area contributed by atoms with Crippen LogP contribution in [0.2, 0.25) is 0 Å². The fourth-order valence-corrected chi connectivity index (χ4v) is 2.60. The Hall–Kier alpha value is -2.51. The van der Waals surface area contributed by atoms with E-state index >= 15 is 0 Å². The van der Waals surface area contributed by atoms with E-state index in [0.717, 1.165) is 17.0 Å². The normalized spacial score (nSPS) is 18.8. The average Bonchev–Trinajstić information content (AvgIpc) is 2.85. The smallest absolute Gasteiger partial charge is 0.326 e. The van der Waals surface area contributed by atoms with Gasteiger partial charge in [0.1, 0.15) is 17.7 Å². The van der Waals surface area contributed by atoms with Gasteiger partial charge in [0, 0.05) is 19.0 Å². The number of carbonyl (C=O) groups is 3. The van der Waals surface area contributed by atoms with E-state index < -0.39 is 41.4 Å². The number of nitrogens with one attached hydrogen (secondary N) is 1. The predicted octanol–water partition coefficient (Wildman–Crippen LogP) is 1.54. The second-order valence-electron chi connectivity index (χ2n) is 6.07. The lowest BCUT2D eigenvalue weighted by molar-refractivity contribution is -0.143. The van der Waals surface area contributed by atoms with Crippen molar-refractivity contribution in [3.05, 3.63) is 29.8 Å². The molecule has 1 aliphatic rings. The van der Waals surface area contributed by atoms with E-state index in [-0.39, 0.29) is 24.6 Å². The number of anilines is 1. The molecule has 6 nitrogen and oxygen atoms in total. The largest absolute Gasteiger partial charge is 0.480 e. The lowest BCUT2D eigenvalue weighted by Gasteiger charge is -2.21. The standard InChI is InChI=1S/C16H18F2N2O4/c1-8(2)14(16(23)24)19-15(22)9-5-13(21)20(7-9)12-4-3-10(17)6-11(12)18/h3-4,6,8-9,14H,5,7H2,1-2H3,(H,19,22)(H,23,24). The minimum absolute atomic E-state index is 0.0857. The van der Waals surface area contributed by atoms with Gasteiger partial charge in [0.2, 0.25) is 11.8 Å². The molecule has 130 valence electrons. The van der Waals surface area contributed by atoms with E-state index in [0.29, 0.717) is 6.07 Å². The Labute approximate surface area is 137 Å². The van der Waals surface area contributed by atoms with E-state index in [9.17, 15) is 23.2 Å². The highest BCUT2D eigenvalue weighted by Crippen LogP contribution is 2.28. The van der Waals surface area contributed by atoms with Gasteiger partial charge >= 0.3 is 5.97 Å². The Bertz CT molecular complexity index is 678. The molecule has 1 aromatic carbocycles. The minimum atomic E-state index is -1.16. The van der Waals surface area contributed by atoms with Crippen LogP contribution in [0.3, 0.4) is 0 Å². The van der Waals surface area contributed by atoms with Gasteiger partial charge in [-0.05, 0) is 18.1 Å². The summed E-state index contributed by atoms with van der Waals surface area (Å²) in [6.07, 6.45) is -0.160. The number of amides is 2. The van der Waals surface area contributed by atoms with E-state index in [1.54, 1.807) is 13.8 Å². The molecule has 1 aliphatic heterocycles. The molecule has 2 N–H and O–H groups in total. The van der Waals surface area contributed by atoms with Crippen molar-refractivity contribution in [2.75, 3.05) is 11.4 Å². The molecule has 1 fully saturated rings. The molecule has 0 bridgehead atoms. The van der Waals surface area contributed by atoms with Crippen LogP contribution in [0.5, 0.6) is 0 Å². The van der Waals surface area contributed by atoms with Gasteiger partial charge in [-0.2, -0.15) is 0 Å². The molecule has 0 spiro atoms. The molecule has 8 heteroatoms. The molecule has 1 saturated heterocycles. The maximum Gasteiger partial charge on any atom is 0.326 e. The molecular weight excluding hydrogens is 322 g/mol. The first-order chi connectivity index (χ1) is 11.2. The Morgan fingerprint density at radius 1 is 1.33 bits per heavy atom. The average molecular weight is 340 g/mol. The molecule has 2 unspecified atom stereocenters. The first-order valence-corrected chi connectivity index (χ1v) is 7.49. The molecule has 2 atom stereocenters. The minimum Gasteiger partial charge on any atom is -0.480 e. The van der Waals surface area contributed by atoms with Gasteiger partial charge in [-0.1, -0.05) is 13.8 Å². The van der Waals surface area contributed by atoms with Crippen molar-refractivity contribution < 1.29 is 28.3 Å². The second-order valence-corrected chi connectivity index (χ2v) is 6.07. The predicted molar refractivity (Wildman–Crippen MR) is 81.2 cm³/mol. The van der Waals surface area contributed by atoms with Gasteiger partial charge in [0.05, 0.1) is 11.6 Å².